The Morgan fingerprint density at radius 3 is 2.40 bits per heavy atom. The number of ether oxygens (including phenoxy) is 1. The lowest BCUT2D eigenvalue weighted by atomic mass is 9.70. The Bertz CT molecular complexity index is 822. The summed E-state index contributed by atoms with van der Waals surface area (Å²) in [6.45, 7) is 16.7. The van der Waals surface area contributed by atoms with Gasteiger partial charge in [-0.1, -0.05) is 48.0 Å². The highest BCUT2D eigenvalue weighted by Gasteiger charge is 2.75. The number of hydrogen-bond acceptors (Lipinski definition) is 5. The molecule has 3 heterocycles. The molecule has 3 amide bonds. The van der Waals surface area contributed by atoms with Crippen molar-refractivity contribution >= 4 is 17.7 Å². The zero-order chi connectivity index (χ0) is 26.3. The number of carbonyl (C=O) groups is 3. The van der Waals surface area contributed by atoms with Gasteiger partial charge in [-0.3, -0.25) is 14.4 Å². The van der Waals surface area contributed by atoms with Crippen LogP contribution in [0.3, 0.4) is 0 Å². The van der Waals surface area contributed by atoms with E-state index in [1.807, 2.05) is 34.6 Å². The molecule has 3 aliphatic rings. The number of likely N-dealkylation sites (tertiary alicyclic amines) is 1. The van der Waals surface area contributed by atoms with Crippen molar-refractivity contribution in [1.82, 2.24) is 15.5 Å². The topological polar surface area (TPSA) is 108 Å². The van der Waals surface area contributed by atoms with Crippen LogP contribution in [-0.4, -0.2) is 70.2 Å². The second-order valence-electron chi connectivity index (χ2n) is 12.8. The lowest BCUT2D eigenvalue weighted by Gasteiger charge is -2.41. The SMILES string of the molecule is CCCNC(=O)[C@@H]1[C@@H]2CCC3(O2)C(C(=O)NC(C)(C)CC(C)(C)C)N([C@@H](CO)[C@@H](C)CC)C(=O)[C@H]13. The molecule has 2 unspecified atom stereocenters. The fraction of sp³-hybridized carbons (Fsp3) is 0.889. The fourth-order valence-electron chi connectivity index (χ4n) is 7.00. The van der Waals surface area contributed by atoms with Gasteiger partial charge >= 0.3 is 0 Å². The van der Waals surface area contributed by atoms with Crippen molar-refractivity contribution in [3.8, 4) is 0 Å². The average molecular weight is 494 g/mol. The van der Waals surface area contributed by atoms with Gasteiger partial charge in [0.15, 0.2) is 0 Å². The summed E-state index contributed by atoms with van der Waals surface area (Å²) in [6, 6.07) is -1.39. The van der Waals surface area contributed by atoms with E-state index in [-0.39, 0.29) is 41.8 Å². The number of aliphatic hydroxyl groups is 1. The van der Waals surface area contributed by atoms with Crippen molar-refractivity contribution in [2.45, 2.75) is 117 Å². The highest BCUT2D eigenvalue weighted by molar-refractivity contribution is 5.99. The smallest absolute Gasteiger partial charge is 0.246 e. The first-order valence-electron chi connectivity index (χ1n) is 13.4. The Morgan fingerprint density at radius 2 is 1.86 bits per heavy atom. The second kappa shape index (κ2) is 10.0. The minimum Gasteiger partial charge on any atom is -0.394 e. The van der Waals surface area contributed by atoms with Crippen LogP contribution in [-0.2, 0) is 19.1 Å². The molecule has 1 spiro atoms. The van der Waals surface area contributed by atoms with E-state index in [9.17, 15) is 19.5 Å². The highest BCUT2D eigenvalue weighted by Crippen LogP contribution is 2.59. The first-order chi connectivity index (χ1) is 16.2. The van der Waals surface area contributed by atoms with E-state index < -0.39 is 35.1 Å². The maximum Gasteiger partial charge on any atom is 0.246 e. The number of hydrogen-bond donors (Lipinski definition) is 3. The second-order valence-corrected chi connectivity index (χ2v) is 12.8. The zero-order valence-corrected chi connectivity index (χ0v) is 22.9. The summed E-state index contributed by atoms with van der Waals surface area (Å²) in [7, 11) is 0. The van der Waals surface area contributed by atoms with Gasteiger partial charge in [-0.05, 0) is 50.9 Å². The van der Waals surface area contributed by atoms with Crippen LogP contribution in [0.5, 0.6) is 0 Å². The molecule has 3 saturated heterocycles. The van der Waals surface area contributed by atoms with Crippen molar-refractivity contribution in [2.75, 3.05) is 13.2 Å². The Balaban J connectivity index is 2.03. The molecule has 0 saturated carbocycles. The van der Waals surface area contributed by atoms with Crippen molar-refractivity contribution < 1.29 is 24.2 Å². The number of aliphatic hydroxyl groups excluding tert-OH is 1. The van der Waals surface area contributed by atoms with Crippen LogP contribution in [0.2, 0.25) is 0 Å². The van der Waals surface area contributed by atoms with Gasteiger partial charge in [-0.2, -0.15) is 0 Å². The number of amides is 3. The maximum absolute atomic E-state index is 14.1. The quantitative estimate of drug-likeness (QED) is 0.434. The molecule has 0 aromatic heterocycles. The molecule has 0 aliphatic carbocycles. The van der Waals surface area contributed by atoms with Gasteiger partial charge in [0.1, 0.15) is 11.6 Å². The average Bonchev–Trinajstić information content (AvgIpc) is 3.38. The van der Waals surface area contributed by atoms with Crippen LogP contribution < -0.4 is 10.6 Å². The molecule has 0 aromatic carbocycles. The summed E-state index contributed by atoms with van der Waals surface area (Å²) in [5.41, 5.74) is -1.55. The normalized spacial score (nSPS) is 31.9. The van der Waals surface area contributed by atoms with E-state index >= 15 is 0 Å². The third-order valence-electron chi connectivity index (χ3n) is 8.12. The predicted molar refractivity (Wildman–Crippen MR) is 134 cm³/mol. The standard InChI is InChI=1S/C27H47N3O5/c1-9-13-28-22(32)19-18-11-12-27(35-18)20(19)24(34)30(17(14-31)16(3)10-2)21(27)23(33)29-26(7,8)15-25(4,5)6/h16-21,31H,9-15H2,1-8H3,(H,28,32)(H,29,33)/t16-,17-,18-,19+,20-,21?,27?/m0/s1. The van der Waals surface area contributed by atoms with E-state index in [1.54, 1.807) is 4.90 Å². The lowest BCUT2D eigenvalue weighted by Crippen LogP contribution is -2.62. The van der Waals surface area contributed by atoms with Gasteiger partial charge in [0, 0.05) is 12.1 Å². The summed E-state index contributed by atoms with van der Waals surface area (Å²) < 4.78 is 6.49. The zero-order valence-electron chi connectivity index (χ0n) is 22.9. The van der Waals surface area contributed by atoms with E-state index in [0.717, 1.165) is 19.3 Å². The van der Waals surface area contributed by atoms with Crippen LogP contribution in [0.25, 0.3) is 0 Å². The Kier molecular flexibility index (Phi) is 7.98. The summed E-state index contributed by atoms with van der Waals surface area (Å²) in [5.74, 6) is -2.00. The van der Waals surface area contributed by atoms with Gasteiger partial charge < -0.3 is 25.4 Å². The van der Waals surface area contributed by atoms with Crippen molar-refractivity contribution in [3.05, 3.63) is 0 Å². The first-order valence-corrected chi connectivity index (χ1v) is 13.4. The molecule has 8 heteroatoms. The molecular weight excluding hydrogens is 446 g/mol. The van der Waals surface area contributed by atoms with Crippen LogP contribution in [0, 0.1) is 23.2 Å². The summed E-state index contributed by atoms with van der Waals surface area (Å²) in [4.78, 5) is 42.9. The largest absolute Gasteiger partial charge is 0.394 e. The van der Waals surface area contributed by atoms with Gasteiger partial charge in [0.25, 0.3) is 0 Å². The van der Waals surface area contributed by atoms with E-state index in [1.165, 1.54) is 0 Å². The lowest BCUT2D eigenvalue weighted by molar-refractivity contribution is -0.147. The van der Waals surface area contributed by atoms with Crippen LogP contribution >= 0.6 is 0 Å². The van der Waals surface area contributed by atoms with Crippen LogP contribution in [0.1, 0.15) is 87.5 Å². The molecule has 7 atom stereocenters. The number of fused-ring (bicyclic) bond motifs is 1. The van der Waals surface area contributed by atoms with E-state index in [4.69, 9.17) is 4.74 Å². The molecule has 3 fully saturated rings. The third-order valence-corrected chi connectivity index (χ3v) is 8.12. The predicted octanol–water partition coefficient (Wildman–Crippen LogP) is 2.63. The summed E-state index contributed by atoms with van der Waals surface area (Å²) in [6.07, 6.45) is 3.14. The number of nitrogens with zero attached hydrogens (tertiary/aromatic N) is 1. The molecule has 2 bridgehead atoms. The Labute approximate surface area is 210 Å². The van der Waals surface area contributed by atoms with Gasteiger partial charge in [-0.25, -0.2) is 0 Å². The van der Waals surface area contributed by atoms with E-state index in [0.29, 0.717) is 19.4 Å². The summed E-state index contributed by atoms with van der Waals surface area (Å²) in [5, 5.41) is 16.5. The molecule has 0 radical (unpaired) electrons. The van der Waals surface area contributed by atoms with Crippen molar-refractivity contribution in [3.63, 3.8) is 0 Å². The van der Waals surface area contributed by atoms with Gasteiger partial charge in [-0.15, -0.1) is 0 Å². The van der Waals surface area contributed by atoms with Crippen molar-refractivity contribution in [1.29, 1.82) is 0 Å². The first kappa shape index (κ1) is 27.9. The Hall–Kier alpha value is -1.67. The summed E-state index contributed by atoms with van der Waals surface area (Å²) >= 11 is 0. The van der Waals surface area contributed by atoms with E-state index in [2.05, 4.69) is 31.4 Å². The molecule has 3 aliphatic heterocycles. The molecule has 200 valence electrons. The highest BCUT2D eigenvalue weighted by atomic mass is 16.5. The fourth-order valence-corrected chi connectivity index (χ4v) is 7.00. The number of nitrogens with one attached hydrogen (secondary N) is 2. The minimum absolute atomic E-state index is 0.00207. The van der Waals surface area contributed by atoms with Crippen LogP contribution in [0.4, 0.5) is 0 Å². The monoisotopic (exact) mass is 493 g/mol. The molecule has 35 heavy (non-hydrogen) atoms. The van der Waals surface area contributed by atoms with Crippen LogP contribution in [0.15, 0.2) is 0 Å². The van der Waals surface area contributed by atoms with Gasteiger partial charge in [0.05, 0.1) is 30.6 Å². The third kappa shape index (κ3) is 5.10. The minimum atomic E-state index is -1.04. The molecule has 8 nitrogen and oxygen atoms in total. The number of carbonyl (C=O) groups excluding carboxylic acids is 3. The Morgan fingerprint density at radius 1 is 1.20 bits per heavy atom. The van der Waals surface area contributed by atoms with Crippen molar-refractivity contribution in [2.24, 2.45) is 23.2 Å². The molecule has 3 N–H and O–H groups in total. The van der Waals surface area contributed by atoms with Gasteiger partial charge in [0.2, 0.25) is 17.7 Å². The maximum atomic E-state index is 14.1. The number of rotatable bonds is 10. The molecule has 3 rings (SSSR count). The molecular formula is C27H47N3O5. The molecule has 0 aromatic rings.